The maximum atomic E-state index is 13.1. The SMILES string of the molecule is COc1ccc(N2CCN(C(=O)CCN(Cc3ccc(OC(F)(F)F)cc3)c3ccc(Br)c(C)c3)CC2)cc1. The fraction of sp³-hybridized carbons (Fsp3) is 0.345. The number of anilines is 2. The number of hydrogen-bond donors (Lipinski definition) is 0. The van der Waals surface area contributed by atoms with Crippen molar-refractivity contribution < 1.29 is 27.4 Å². The molecule has 1 aliphatic rings. The lowest BCUT2D eigenvalue weighted by molar-refractivity contribution is -0.274. The number of carbonyl (C=O) groups is 1. The summed E-state index contributed by atoms with van der Waals surface area (Å²) in [7, 11) is 1.64. The van der Waals surface area contributed by atoms with Crippen molar-refractivity contribution in [3.63, 3.8) is 0 Å². The average molecular weight is 606 g/mol. The maximum absolute atomic E-state index is 13.1. The molecule has 6 nitrogen and oxygen atoms in total. The average Bonchev–Trinajstić information content (AvgIpc) is 2.92. The molecule has 10 heteroatoms. The summed E-state index contributed by atoms with van der Waals surface area (Å²) in [5.41, 5.74) is 3.90. The van der Waals surface area contributed by atoms with Crippen LogP contribution in [0.2, 0.25) is 0 Å². The molecule has 0 spiro atoms. The second-order valence-electron chi connectivity index (χ2n) is 9.36. The minimum Gasteiger partial charge on any atom is -0.497 e. The van der Waals surface area contributed by atoms with Crippen molar-refractivity contribution in [1.29, 1.82) is 0 Å². The van der Waals surface area contributed by atoms with Gasteiger partial charge in [-0.1, -0.05) is 28.1 Å². The number of methoxy groups -OCH3 is 1. The lowest BCUT2D eigenvalue weighted by Gasteiger charge is -2.36. The van der Waals surface area contributed by atoms with Crippen molar-refractivity contribution in [1.82, 2.24) is 4.90 Å². The third kappa shape index (κ3) is 8.05. The number of benzene rings is 3. The Morgan fingerprint density at radius 2 is 1.59 bits per heavy atom. The van der Waals surface area contributed by atoms with E-state index in [9.17, 15) is 18.0 Å². The van der Waals surface area contributed by atoms with Crippen molar-refractivity contribution >= 4 is 33.2 Å². The molecule has 1 saturated heterocycles. The van der Waals surface area contributed by atoms with Gasteiger partial charge in [-0.05, 0) is 72.6 Å². The van der Waals surface area contributed by atoms with Crippen molar-refractivity contribution in [3.05, 3.63) is 82.3 Å². The monoisotopic (exact) mass is 605 g/mol. The number of hydrogen-bond acceptors (Lipinski definition) is 5. The van der Waals surface area contributed by atoms with E-state index < -0.39 is 6.36 Å². The highest BCUT2D eigenvalue weighted by Crippen LogP contribution is 2.27. The molecule has 1 fully saturated rings. The Morgan fingerprint density at radius 1 is 0.949 bits per heavy atom. The van der Waals surface area contributed by atoms with Gasteiger partial charge in [-0.25, -0.2) is 0 Å². The number of amides is 1. The fourth-order valence-corrected chi connectivity index (χ4v) is 4.78. The third-order valence-electron chi connectivity index (χ3n) is 6.70. The van der Waals surface area contributed by atoms with Gasteiger partial charge in [0.05, 0.1) is 7.11 Å². The lowest BCUT2D eigenvalue weighted by atomic mass is 10.1. The topological polar surface area (TPSA) is 45.2 Å². The number of carbonyl (C=O) groups excluding carboxylic acids is 1. The number of ether oxygens (including phenoxy) is 2. The lowest BCUT2D eigenvalue weighted by Crippen LogP contribution is -2.49. The number of rotatable bonds is 9. The zero-order valence-corrected chi connectivity index (χ0v) is 23.5. The Kier molecular flexibility index (Phi) is 9.27. The molecule has 0 N–H and O–H groups in total. The standard InChI is InChI=1S/C29H31BrF3N3O3/c1-21-19-24(7-12-27(21)30)36(20-22-3-8-26(9-4-22)39-29(31,32)33)14-13-28(37)35-17-15-34(16-18-35)23-5-10-25(38-2)11-6-23/h3-12,19H,13-18,20H2,1-2H3. The molecule has 3 aromatic rings. The van der Waals surface area contributed by atoms with Crippen LogP contribution in [-0.2, 0) is 11.3 Å². The van der Waals surface area contributed by atoms with E-state index in [0.29, 0.717) is 32.6 Å². The first kappa shape index (κ1) is 28.6. The first-order chi connectivity index (χ1) is 18.6. The van der Waals surface area contributed by atoms with Gasteiger partial charge in [-0.2, -0.15) is 0 Å². The molecule has 1 aliphatic heterocycles. The Balaban J connectivity index is 1.38. The van der Waals surface area contributed by atoms with Crippen LogP contribution in [0.5, 0.6) is 11.5 Å². The first-order valence-electron chi connectivity index (χ1n) is 12.6. The minimum absolute atomic E-state index is 0.0807. The molecule has 1 amide bonds. The molecule has 39 heavy (non-hydrogen) atoms. The van der Waals surface area contributed by atoms with Crippen molar-refractivity contribution in [2.75, 3.05) is 49.6 Å². The van der Waals surface area contributed by atoms with E-state index in [0.717, 1.165) is 45.8 Å². The number of piperazine rings is 1. The third-order valence-corrected chi connectivity index (χ3v) is 7.59. The quantitative estimate of drug-likeness (QED) is 0.282. The number of aryl methyl sites for hydroxylation is 1. The highest BCUT2D eigenvalue weighted by molar-refractivity contribution is 9.10. The Hall–Kier alpha value is -3.40. The fourth-order valence-electron chi connectivity index (χ4n) is 4.54. The summed E-state index contributed by atoms with van der Waals surface area (Å²) in [6.07, 6.45) is -4.41. The van der Waals surface area contributed by atoms with Gasteiger partial charge < -0.3 is 24.2 Å². The summed E-state index contributed by atoms with van der Waals surface area (Å²) < 4.78 is 47.8. The second kappa shape index (κ2) is 12.6. The predicted octanol–water partition coefficient (Wildman–Crippen LogP) is 6.41. The number of nitrogens with zero attached hydrogens (tertiary/aromatic N) is 3. The van der Waals surface area contributed by atoms with Crippen molar-refractivity contribution in [2.24, 2.45) is 0 Å². The number of halogens is 4. The van der Waals surface area contributed by atoms with Gasteiger partial charge in [0.25, 0.3) is 0 Å². The highest BCUT2D eigenvalue weighted by atomic mass is 79.9. The zero-order chi connectivity index (χ0) is 28.0. The predicted molar refractivity (Wildman–Crippen MR) is 149 cm³/mol. The van der Waals surface area contributed by atoms with Gasteiger partial charge in [-0.3, -0.25) is 4.79 Å². The second-order valence-corrected chi connectivity index (χ2v) is 10.2. The van der Waals surface area contributed by atoms with Gasteiger partial charge in [-0.15, -0.1) is 13.2 Å². The van der Waals surface area contributed by atoms with Crippen LogP contribution in [0.4, 0.5) is 24.5 Å². The van der Waals surface area contributed by atoms with E-state index in [2.05, 4.69) is 30.5 Å². The summed E-state index contributed by atoms with van der Waals surface area (Å²) in [4.78, 5) is 19.4. The van der Waals surface area contributed by atoms with E-state index in [4.69, 9.17) is 4.74 Å². The molecule has 0 aromatic heterocycles. The van der Waals surface area contributed by atoms with Crippen LogP contribution in [0.15, 0.2) is 71.2 Å². The molecule has 208 valence electrons. The van der Waals surface area contributed by atoms with Crippen LogP contribution in [0.25, 0.3) is 0 Å². The van der Waals surface area contributed by atoms with Crippen LogP contribution in [0.1, 0.15) is 17.5 Å². The largest absolute Gasteiger partial charge is 0.573 e. The number of alkyl halides is 3. The highest BCUT2D eigenvalue weighted by Gasteiger charge is 2.31. The minimum atomic E-state index is -4.73. The smallest absolute Gasteiger partial charge is 0.497 e. The molecule has 0 bridgehead atoms. The van der Waals surface area contributed by atoms with Gasteiger partial charge in [0.1, 0.15) is 11.5 Å². The molecular weight excluding hydrogens is 575 g/mol. The summed E-state index contributed by atoms with van der Waals surface area (Å²) in [6.45, 7) is 5.68. The Labute approximate surface area is 235 Å². The molecule has 0 radical (unpaired) electrons. The van der Waals surface area contributed by atoms with E-state index in [1.807, 2.05) is 54.3 Å². The molecule has 4 rings (SSSR count). The van der Waals surface area contributed by atoms with Crippen molar-refractivity contribution in [3.8, 4) is 11.5 Å². The van der Waals surface area contributed by atoms with Crippen LogP contribution >= 0.6 is 15.9 Å². The molecule has 0 unspecified atom stereocenters. The van der Waals surface area contributed by atoms with E-state index in [-0.39, 0.29) is 11.7 Å². The van der Waals surface area contributed by atoms with Gasteiger partial charge in [0, 0.05) is 61.5 Å². The van der Waals surface area contributed by atoms with Gasteiger partial charge in [0.15, 0.2) is 0 Å². The van der Waals surface area contributed by atoms with E-state index in [1.54, 1.807) is 19.2 Å². The van der Waals surface area contributed by atoms with Gasteiger partial charge >= 0.3 is 6.36 Å². The molecule has 0 saturated carbocycles. The zero-order valence-electron chi connectivity index (χ0n) is 21.9. The van der Waals surface area contributed by atoms with Crippen LogP contribution in [0.3, 0.4) is 0 Å². The molecule has 0 aliphatic carbocycles. The summed E-state index contributed by atoms with van der Waals surface area (Å²) in [6, 6.07) is 19.7. The van der Waals surface area contributed by atoms with Gasteiger partial charge in [0.2, 0.25) is 5.91 Å². The van der Waals surface area contributed by atoms with Crippen LogP contribution in [-0.4, -0.2) is 57.0 Å². The van der Waals surface area contributed by atoms with Crippen LogP contribution in [0, 0.1) is 6.92 Å². The molecule has 1 heterocycles. The van der Waals surface area contributed by atoms with Crippen LogP contribution < -0.4 is 19.3 Å². The van der Waals surface area contributed by atoms with E-state index in [1.165, 1.54) is 12.1 Å². The molecule has 0 atom stereocenters. The maximum Gasteiger partial charge on any atom is 0.573 e. The summed E-state index contributed by atoms with van der Waals surface area (Å²) in [5, 5.41) is 0. The summed E-state index contributed by atoms with van der Waals surface area (Å²) >= 11 is 3.52. The summed E-state index contributed by atoms with van der Waals surface area (Å²) in [5.74, 6) is 0.627. The van der Waals surface area contributed by atoms with E-state index >= 15 is 0 Å². The Bertz CT molecular complexity index is 1250. The Morgan fingerprint density at radius 3 is 2.18 bits per heavy atom. The first-order valence-corrected chi connectivity index (χ1v) is 13.4. The molecule has 3 aromatic carbocycles. The molecular formula is C29H31BrF3N3O3. The van der Waals surface area contributed by atoms with Crippen molar-refractivity contribution in [2.45, 2.75) is 26.3 Å². The normalized spacial score (nSPS) is 13.8.